The van der Waals surface area contributed by atoms with Gasteiger partial charge in [0.05, 0.1) is 11.7 Å². The van der Waals surface area contributed by atoms with Crippen molar-refractivity contribution in [2.75, 3.05) is 6.26 Å². The molecule has 0 heterocycles. The van der Waals surface area contributed by atoms with Crippen LogP contribution in [0.4, 0.5) is 0 Å². The van der Waals surface area contributed by atoms with Gasteiger partial charge in [0.1, 0.15) is 0 Å². The molecule has 0 saturated heterocycles. The molecule has 0 bridgehead atoms. The van der Waals surface area contributed by atoms with E-state index in [2.05, 4.69) is 0 Å². The molecule has 3 atom stereocenters. The van der Waals surface area contributed by atoms with Gasteiger partial charge in [-0.3, -0.25) is 4.79 Å². The molecule has 6 heteroatoms. The van der Waals surface area contributed by atoms with Crippen LogP contribution in [-0.4, -0.2) is 37.0 Å². The first-order valence-electron chi connectivity index (χ1n) is 5.90. The number of carbonyl (C=O) groups is 1. The highest BCUT2D eigenvalue weighted by atomic mass is 32.2. The summed E-state index contributed by atoms with van der Waals surface area (Å²) in [7, 11) is -3.25. The first-order chi connectivity index (χ1) is 7.74. The van der Waals surface area contributed by atoms with Crippen molar-refractivity contribution in [3.8, 4) is 0 Å². The normalized spacial score (nSPS) is 31.4. The monoisotopic (exact) mass is 263 g/mol. The third-order valence-electron chi connectivity index (χ3n) is 3.93. The molecule has 1 rings (SSSR count). The molecular weight excluding hydrogens is 242 g/mol. The molecule has 1 saturated carbocycles. The Hall–Kier alpha value is -0.620. The maximum Gasteiger partial charge on any atom is 0.304 e. The van der Waals surface area contributed by atoms with Crippen molar-refractivity contribution in [1.82, 2.24) is 0 Å². The van der Waals surface area contributed by atoms with Crippen LogP contribution in [0.25, 0.3) is 0 Å². The summed E-state index contributed by atoms with van der Waals surface area (Å²) in [5.41, 5.74) is 5.24. The topological polar surface area (TPSA) is 97.5 Å². The van der Waals surface area contributed by atoms with Gasteiger partial charge in [0.2, 0.25) is 0 Å². The van der Waals surface area contributed by atoms with Crippen molar-refractivity contribution in [2.24, 2.45) is 11.1 Å². The van der Waals surface area contributed by atoms with Crippen LogP contribution in [0.5, 0.6) is 0 Å². The van der Waals surface area contributed by atoms with Crippen LogP contribution in [0, 0.1) is 5.41 Å². The zero-order valence-corrected chi connectivity index (χ0v) is 11.2. The Morgan fingerprint density at radius 2 is 2.18 bits per heavy atom. The van der Waals surface area contributed by atoms with Gasteiger partial charge < -0.3 is 10.8 Å². The molecule has 1 fully saturated rings. The zero-order chi connectivity index (χ0) is 13.3. The summed E-state index contributed by atoms with van der Waals surface area (Å²) in [4.78, 5) is 11.0. The largest absolute Gasteiger partial charge is 0.481 e. The fourth-order valence-corrected chi connectivity index (χ4v) is 4.97. The van der Waals surface area contributed by atoms with E-state index in [0.29, 0.717) is 19.3 Å². The molecule has 5 nitrogen and oxygen atoms in total. The molecule has 100 valence electrons. The maximum absolute atomic E-state index is 11.8. The Labute approximate surface area is 102 Å². The van der Waals surface area contributed by atoms with Gasteiger partial charge in [-0.2, -0.15) is 0 Å². The first kappa shape index (κ1) is 14.4. The molecule has 17 heavy (non-hydrogen) atoms. The number of aliphatic carboxylic acids is 1. The van der Waals surface area contributed by atoms with Gasteiger partial charge in [0.15, 0.2) is 9.84 Å². The average molecular weight is 263 g/mol. The minimum atomic E-state index is -3.25. The van der Waals surface area contributed by atoms with Gasteiger partial charge in [-0.25, -0.2) is 8.42 Å². The minimum absolute atomic E-state index is 0.153. The van der Waals surface area contributed by atoms with E-state index in [-0.39, 0.29) is 12.5 Å². The second kappa shape index (κ2) is 4.94. The van der Waals surface area contributed by atoms with Gasteiger partial charge in [-0.1, -0.05) is 13.3 Å². The van der Waals surface area contributed by atoms with Crippen LogP contribution in [0.2, 0.25) is 0 Å². The third kappa shape index (κ3) is 2.80. The molecule has 3 unspecified atom stereocenters. The Morgan fingerprint density at radius 1 is 1.59 bits per heavy atom. The number of carboxylic acid groups (broad SMARTS) is 1. The van der Waals surface area contributed by atoms with E-state index in [0.717, 1.165) is 6.42 Å². The highest BCUT2D eigenvalue weighted by molar-refractivity contribution is 7.91. The lowest BCUT2D eigenvalue weighted by Crippen LogP contribution is -2.50. The number of carboxylic acids is 1. The quantitative estimate of drug-likeness (QED) is 0.764. The lowest BCUT2D eigenvalue weighted by molar-refractivity contribution is -0.140. The summed E-state index contributed by atoms with van der Waals surface area (Å²) in [6, 6.07) is -0.374. The van der Waals surface area contributed by atoms with E-state index in [1.165, 1.54) is 6.26 Å². The number of hydrogen-bond donors (Lipinski definition) is 2. The summed E-state index contributed by atoms with van der Waals surface area (Å²) in [6.07, 6.45) is 3.48. The molecule has 0 spiro atoms. The number of nitrogens with two attached hydrogens (primary N) is 1. The summed E-state index contributed by atoms with van der Waals surface area (Å²) in [6.45, 7) is 1.87. The van der Waals surface area contributed by atoms with Crippen molar-refractivity contribution < 1.29 is 18.3 Å². The average Bonchev–Trinajstić information content (AvgIpc) is 2.60. The van der Waals surface area contributed by atoms with Crippen LogP contribution in [0.15, 0.2) is 0 Å². The predicted molar refractivity (Wildman–Crippen MR) is 65.4 cm³/mol. The minimum Gasteiger partial charge on any atom is -0.481 e. The van der Waals surface area contributed by atoms with Gasteiger partial charge in [0.25, 0.3) is 0 Å². The van der Waals surface area contributed by atoms with Crippen molar-refractivity contribution in [2.45, 2.75) is 50.3 Å². The Kier molecular flexibility index (Phi) is 4.19. The SMILES string of the molecule is CCC(N)C1(CC(=O)O)CCCC1S(C)(=O)=O. The summed E-state index contributed by atoms with van der Waals surface area (Å²) < 4.78 is 23.6. The number of hydrogen-bond acceptors (Lipinski definition) is 4. The van der Waals surface area contributed by atoms with Crippen LogP contribution >= 0.6 is 0 Å². The summed E-state index contributed by atoms with van der Waals surface area (Å²) >= 11 is 0. The lowest BCUT2D eigenvalue weighted by Gasteiger charge is -2.38. The van der Waals surface area contributed by atoms with Crippen molar-refractivity contribution in [3.05, 3.63) is 0 Å². The highest BCUT2D eigenvalue weighted by Gasteiger charge is 2.52. The third-order valence-corrected chi connectivity index (χ3v) is 5.66. The molecule has 0 aromatic rings. The summed E-state index contributed by atoms with van der Waals surface area (Å²) in [5, 5.41) is 8.41. The van der Waals surface area contributed by atoms with E-state index in [9.17, 15) is 13.2 Å². The zero-order valence-electron chi connectivity index (χ0n) is 10.3. The van der Waals surface area contributed by atoms with Crippen LogP contribution in [-0.2, 0) is 14.6 Å². The maximum atomic E-state index is 11.8. The summed E-state index contributed by atoms with van der Waals surface area (Å²) in [5.74, 6) is -0.968. The molecule has 0 radical (unpaired) electrons. The standard InChI is InChI=1S/C11H21NO4S/c1-3-8(12)11(7-10(13)14)6-4-5-9(11)17(2,15)16/h8-9H,3-7,12H2,1-2H3,(H,13,14). The Bertz CT molecular complexity index is 392. The number of rotatable bonds is 5. The van der Waals surface area contributed by atoms with Crippen LogP contribution in [0.1, 0.15) is 39.0 Å². The van der Waals surface area contributed by atoms with E-state index >= 15 is 0 Å². The predicted octanol–water partition coefficient (Wildman–Crippen LogP) is 0.782. The van der Waals surface area contributed by atoms with Gasteiger partial charge in [-0.15, -0.1) is 0 Å². The highest BCUT2D eigenvalue weighted by Crippen LogP contribution is 2.47. The fraction of sp³-hybridized carbons (Fsp3) is 0.909. The van der Waals surface area contributed by atoms with E-state index < -0.39 is 26.5 Å². The van der Waals surface area contributed by atoms with E-state index in [4.69, 9.17) is 10.8 Å². The van der Waals surface area contributed by atoms with Gasteiger partial charge in [-0.05, 0) is 19.3 Å². The molecular formula is C11H21NO4S. The van der Waals surface area contributed by atoms with E-state index in [1.807, 2.05) is 6.92 Å². The van der Waals surface area contributed by atoms with Crippen LogP contribution in [0.3, 0.4) is 0 Å². The molecule has 0 aliphatic heterocycles. The molecule has 0 aromatic heterocycles. The Morgan fingerprint density at radius 3 is 2.59 bits per heavy atom. The first-order valence-corrected chi connectivity index (χ1v) is 7.85. The molecule has 3 N–H and O–H groups in total. The van der Waals surface area contributed by atoms with Gasteiger partial charge in [0, 0.05) is 17.7 Å². The second-order valence-electron chi connectivity index (χ2n) is 5.03. The second-order valence-corrected chi connectivity index (χ2v) is 7.26. The smallest absolute Gasteiger partial charge is 0.304 e. The molecule has 0 aromatic carbocycles. The van der Waals surface area contributed by atoms with Gasteiger partial charge >= 0.3 is 5.97 Å². The fourth-order valence-electron chi connectivity index (χ4n) is 3.15. The van der Waals surface area contributed by atoms with Crippen molar-refractivity contribution >= 4 is 15.8 Å². The molecule has 1 aliphatic carbocycles. The Balaban J connectivity index is 3.17. The number of sulfone groups is 1. The lowest BCUT2D eigenvalue weighted by atomic mass is 9.74. The molecule has 1 aliphatic rings. The van der Waals surface area contributed by atoms with E-state index in [1.54, 1.807) is 0 Å². The molecule has 0 amide bonds. The van der Waals surface area contributed by atoms with Crippen molar-refractivity contribution in [1.29, 1.82) is 0 Å². The van der Waals surface area contributed by atoms with Crippen molar-refractivity contribution in [3.63, 3.8) is 0 Å². The van der Waals surface area contributed by atoms with Crippen LogP contribution < -0.4 is 5.73 Å².